The van der Waals surface area contributed by atoms with Crippen molar-refractivity contribution < 1.29 is 37.3 Å². The summed E-state index contributed by atoms with van der Waals surface area (Å²) in [5.41, 5.74) is 0.529. The lowest BCUT2D eigenvalue weighted by molar-refractivity contribution is -0.192. The molecular weight excluding hydrogens is 459 g/mol. The molecule has 34 heavy (non-hydrogen) atoms. The maximum Gasteiger partial charge on any atom is 0.490 e. The molecular formula is C21H22F3N5O5. The number of nitrogens with zero attached hydrogens (tertiary/aromatic N) is 5. The number of halogens is 3. The number of nitriles is 1. The molecule has 0 unspecified atom stereocenters. The number of anilines is 1. The highest BCUT2D eigenvalue weighted by atomic mass is 19.4. The van der Waals surface area contributed by atoms with E-state index in [4.69, 9.17) is 29.4 Å². The van der Waals surface area contributed by atoms with E-state index in [1.165, 1.54) is 12.5 Å². The van der Waals surface area contributed by atoms with E-state index in [9.17, 15) is 13.2 Å². The highest BCUT2D eigenvalue weighted by Crippen LogP contribution is 2.37. The second-order valence-corrected chi connectivity index (χ2v) is 7.56. The van der Waals surface area contributed by atoms with Crippen LogP contribution in [0.1, 0.15) is 12.0 Å². The predicted octanol–water partition coefficient (Wildman–Crippen LogP) is 2.31. The van der Waals surface area contributed by atoms with Gasteiger partial charge in [0.1, 0.15) is 18.2 Å². The van der Waals surface area contributed by atoms with Crippen LogP contribution in [0.5, 0.6) is 11.8 Å². The van der Waals surface area contributed by atoms with Crippen molar-refractivity contribution in [2.24, 2.45) is 11.8 Å². The van der Waals surface area contributed by atoms with Crippen LogP contribution < -0.4 is 14.4 Å². The van der Waals surface area contributed by atoms with E-state index in [1.54, 1.807) is 19.2 Å². The molecule has 13 heteroatoms. The first-order valence-electron chi connectivity index (χ1n) is 10.2. The number of methoxy groups -OCH3 is 1. The van der Waals surface area contributed by atoms with Gasteiger partial charge in [-0.1, -0.05) is 0 Å². The molecule has 2 aromatic heterocycles. The number of alkyl halides is 3. The van der Waals surface area contributed by atoms with Crippen LogP contribution in [-0.4, -0.2) is 71.7 Å². The summed E-state index contributed by atoms with van der Waals surface area (Å²) in [6, 6.07) is 7.34. The molecule has 10 nitrogen and oxygen atoms in total. The van der Waals surface area contributed by atoms with Crippen LogP contribution in [-0.2, 0) is 9.53 Å². The van der Waals surface area contributed by atoms with Gasteiger partial charge in [0.15, 0.2) is 0 Å². The van der Waals surface area contributed by atoms with E-state index in [0.29, 0.717) is 35.8 Å². The lowest BCUT2D eigenvalue weighted by Crippen LogP contribution is -2.25. The number of hydrogen-bond donors (Lipinski definition) is 1. The topological polar surface area (TPSA) is 131 Å². The lowest BCUT2D eigenvalue weighted by Gasteiger charge is -2.20. The molecule has 1 N–H and O–H groups in total. The van der Waals surface area contributed by atoms with Crippen LogP contribution in [0.15, 0.2) is 30.7 Å². The molecule has 0 saturated carbocycles. The molecule has 2 aromatic rings. The van der Waals surface area contributed by atoms with Gasteiger partial charge in [-0.05, 0) is 18.4 Å². The number of carboxylic acids is 1. The summed E-state index contributed by atoms with van der Waals surface area (Å²) in [6.45, 7) is 3.09. The second-order valence-electron chi connectivity index (χ2n) is 7.56. The number of hydrogen-bond acceptors (Lipinski definition) is 9. The summed E-state index contributed by atoms with van der Waals surface area (Å²) in [5.74, 6) is 0.137. The summed E-state index contributed by atoms with van der Waals surface area (Å²) >= 11 is 0. The van der Waals surface area contributed by atoms with Crippen molar-refractivity contribution in [3.8, 4) is 17.8 Å². The Kier molecular flexibility index (Phi) is 8.06. The van der Waals surface area contributed by atoms with Crippen LogP contribution in [0.2, 0.25) is 0 Å². The Hall–Kier alpha value is -3.66. The van der Waals surface area contributed by atoms with E-state index in [0.717, 1.165) is 31.9 Å². The summed E-state index contributed by atoms with van der Waals surface area (Å²) in [7, 11) is 1.60. The molecule has 0 radical (unpaired) electrons. The van der Waals surface area contributed by atoms with Gasteiger partial charge in [0.25, 0.3) is 0 Å². The fourth-order valence-corrected chi connectivity index (χ4v) is 3.74. The zero-order valence-electron chi connectivity index (χ0n) is 18.1. The molecule has 0 aromatic carbocycles. The molecule has 0 aliphatic carbocycles. The Labute approximate surface area is 192 Å². The van der Waals surface area contributed by atoms with Gasteiger partial charge in [-0.25, -0.2) is 19.7 Å². The maximum absolute atomic E-state index is 10.6. The largest absolute Gasteiger partial charge is 0.490 e. The number of aliphatic carboxylic acids is 1. The normalized spacial score (nSPS) is 21.1. The van der Waals surface area contributed by atoms with Gasteiger partial charge in [0.05, 0.1) is 32.0 Å². The molecule has 2 fully saturated rings. The Balaban J connectivity index is 0.000000406. The van der Waals surface area contributed by atoms with Crippen molar-refractivity contribution in [2.45, 2.75) is 18.7 Å². The van der Waals surface area contributed by atoms with Gasteiger partial charge >= 0.3 is 12.1 Å². The van der Waals surface area contributed by atoms with Crippen LogP contribution >= 0.6 is 0 Å². The summed E-state index contributed by atoms with van der Waals surface area (Å²) in [5, 5.41) is 15.9. The quantitative estimate of drug-likeness (QED) is 0.656. The van der Waals surface area contributed by atoms with Gasteiger partial charge in [-0.3, -0.25) is 0 Å². The smallest absolute Gasteiger partial charge is 0.481 e. The van der Waals surface area contributed by atoms with Gasteiger partial charge < -0.3 is 24.2 Å². The van der Waals surface area contributed by atoms with Crippen LogP contribution in [0.3, 0.4) is 0 Å². The van der Waals surface area contributed by atoms with Gasteiger partial charge in [0, 0.05) is 37.3 Å². The van der Waals surface area contributed by atoms with Crippen molar-refractivity contribution in [2.75, 3.05) is 38.3 Å². The van der Waals surface area contributed by atoms with Crippen LogP contribution in [0.4, 0.5) is 19.0 Å². The van der Waals surface area contributed by atoms with E-state index in [1.807, 2.05) is 12.1 Å². The first-order valence-corrected chi connectivity index (χ1v) is 10.2. The number of rotatable bonds is 6. The average molecular weight is 481 g/mol. The van der Waals surface area contributed by atoms with Crippen LogP contribution in [0, 0.1) is 23.2 Å². The zero-order valence-corrected chi connectivity index (χ0v) is 18.1. The molecule has 0 amide bonds. The third-order valence-corrected chi connectivity index (χ3v) is 5.45. The number of ether oxygens (including phenoxy) is 3. The minimum atomic E-state index is -5.08. The number of pyridine rings is 1. The highest BCUT2D eigenvalue weighted by molar-refractivity contribution is 5.73. The monoisotopic (exact) mass is 481 g/mol. The number of aromatic nitrogens is 3. The summed E-state index contributed by atoms with van der Waals surface area (Å²) < 4.78 is 48.7. The molecule has 0 spiro atoms. The molecule has 2 aliphatic rings. The molecule has 2 aliphatic heterocycles. The number of fused-ring (bicyclic) bond motifs is 1. The number of carbonyl (C=O) groups is 1. The van der Waals surface area contributed by atoms with Crippen molar-refractivity contribution >= 4 is 11.8 Å². The lowest BCUT2D eigenvalue weighted by atomic mass is 9.91. The van der Waals surface area contributed by atoms with Crippen LogP contribution in [0.25, 0.3) is 0 Å². The molecule has 4 heterocycles. The number of carboxylic acid groups (broad SMARTS) is 1. The highest BCUT2D eigenvalue weighted by Gasteiger charge is 2.44. The van der Waals surface area contributed by atoms with Gasteiger partial charge in [-0.15, -0.1) is 0 Å². The van der Waals surface area contributed by atoms with E-state index < -0.39 is 12.1 Å². The fraction of sp³-hybridized carbons (Fsp3) is 0.476. The van der Waals surface area contributed by atoms with Crippen molar-refractivity contribution in [3.05, 3.63) is 36.3 Å². The Bertz CT molecular complexity index is 1020. The van der Waals surface area contributed by atoms with E-state index in [-0.39, 0.29) is 6.10 Å². The molecule has 0 bridgehead atoms. The molecule has 3 atom stereocenters. The predicted molar refractivity (Wildman–Crippen MR) is 110 cm³/mol. The maximum atomic E-state index is 10.6. The Morgan fingerprint density at radius 1 is 1.29 bits per heavy atom. The standard InChI is InChI=1S/C19H21N5O3.C2HF3O2/c1-25-19-6-17(22-12-23-19)24-9-15-14(11-27-16(15)10-24)4-5-26-18-3-2-13(7-20)8-21-18;3-2(4,5)1(6)7/h2-3,6,8,12,14-16H,4-5,9-11H2,1H3;(H,6,7)/t14-,15-,16-;/m0./s1. The zero-order chi connectivity index (χ0) is 24.7. The minimum absolute atomic E-state index is 0.226. The van der Waals surface area contributed by atoms with E-state index in [2.05, 4.69) is 19.9 Å². The molecule has 2 saturated heterocycles. The SMILES string of the molecule is COc1cc(N2C[C@H]3[C@@H](CCOc4ccc(C#N)cn4)CO[C@H]3C2)ncn1.O=C(O)C(F)(F)F. The van der Waals surface area contributed by atoms with Crippen molar-refractivity contribution in [3.63, 3.8) is 0 Å². The van der Waals surface area contributed by atoms with Gasteiger partial charge in [0.2, 0.25) is 11.8 Å². The third-order valence-electron chi connectivity index (χ3n) is 5.45. The Morgan fingerprint density at radius 2 is 2.06 bits per heavy atom. The second kappa shape index (κ2) is 11.0. The molecule has 4 rings (SSSR count). The third kappa shape index (κ3) is 6.44. The van der Waals surface area contributed by atoms with E-state index >= 15 is 0 Å². The molecule has 182 valence electrons. The fourth-order valence-electron chi connectivity index (χ4n) is 3.74. The van der Waals surface area contributed by atoms with Crippen molar-refractivity contribution in [1.82, 2.24) is 15.0 Å². The van der Waals surface area contributed by atoms with Gasteiger partial charge in [-0.2, -0.15) is 18.4 Å². The Morgan fingerprint density at radius 3 is 2.68 bits per heavy atom. The summed E-state index contributed by atoms with van der Waals surface area (Å²) in [4.78, 5) is 23.7. The average Bonchev–Trinajstić information content (AvgIpc) is 3.41. The van der Waals surface area contributed by atoms with Crippen molar-refractivity contribution in [1.29, 1.82) is 5.26 Å². The first-order chi connectivity index (χ1) is 16.2. The summed E-state index contributed by atoms with van der Waals surface area (Å²) in [6.07, 6.45) is -0.901. The minimum Gasteiger partial charge on any atom is -0.481 e. The first kappa shape index (κ1) is 25.0.